The number of carbonyl (C=O) groups is 1. The molecule has 0 radical (unpaired) electrons. The second-order valence-electron chi connectivity index (χ2n) is 7.67. The van der Waals surface area contributed by atoms with Gasteiger partial charge in [-0.05, 0) is 64.8 Å². The zero-order valence-electron chi connectivity index (χ0n) is 16.7. The predicted molar refractivity (Wildman–Crippen MR) is 123 cm³/mol. The number of likely N-dealkylation sites (N-methyl/N-ethyl adjacent to an activating group) is 1. The number of fused-ring (bicyclic) bond motifs is 1. The lowest BCUT2D eigenvalue weighted by Gasteiger charge is -2.45. The Labute approximate surface area is 190 Å². The largest absolute Gasteiger partial charge is 0.464 e. The lowest BCUT2D eigenvalue weighted by molar-refractivity contribution is -0.131. The number of furan rings is 1. The van der Waals surface area contributed by atoms with Gasteiger partial charge >= 0.3 is 0 Å². The van der Waals surface area contributed by atoms with Crippen molar-refractivity contribution in [3.63, 3.8) is 0 Å². The van der Waals surface area contributed by atoms with Crippen LogP contribution in [0.3, 0.4) is 0 Å². The number of aromatic nitrogens is 2. The fourth-order valence-electron chi connectivity index (χ4n) is 4.01. The van der Waals surface area contributed by atoms with Gasteiger partial charge in [-0.3, -0.25) is 15.1 Å². The number of hydrogen-bond donors (Lipinski definition) is 2. The van der Waals surface area contributed by atoms with E-state index in [1.807, 2.05) is 54.8 Å². The zero-order chi connectivity index (χ0) is 21.8. The van der Waals surface area contributed by atoms with Gasteiger partial charge in [0.15, 0.2) is 5.96 Å². The molecular weight excluding hydrogens is 478 g/mol. The number of hydrogen-bond acceptors (Lipinski definition) is 6. The second-order valence-corrected chi connectivity index (χ2v) is 9.39. The minimum absolute atomic E-state index is 0.0755. The van der Waals surface area contributed by atoms with E-state index in [0.717, 1.165) is 32.7 Å². The number of thiophene rings is 1. The molecule has 9 heteroatoms. The van der Waals surface area contributed by atoms with Crippen molar-refractivity contribution in [2.75, 3.05) is 7.05 Å². The van der Waals surface area contributed by atoms with Crippen molar-refractivity contribution in [3.05, 3.63) is 69.2 Å². The number of carbonyl (C=O) groups excluding carboxylic acids is 1. The van der Waals surface area contributed by atoms with E-state index in [4.69, 9.17) is 9.83 Å². The van der Waals surface area contributed by atoms with Gasteiger partial charge in [-0.25, -0.2) is 0 Å². The molecule has 4 heterocycles. The first-order valence-electron chi connectivity index (χ1n) is 9.57. The van der Waals surface area contributed by atoms with Crippen LogP contribution >= 0.6 is 27.3 Å². The van der Waals surface area contributed by atoms with Crippen LogP contribution in [0.4, 0.5) is 0 Å². The summed E-state index contributed by atoms with van der Waals surface area (Å²) in [6, 6.07) is 13.4. The lowest BCUT2D eigenvalue weighted by Crippen LogP contribution is -2.62. The summed E-state index contributed by atoms with van der Waals surface area (Å²) in [6.07, 6.45) is 1.64. The highest BCUT2D eigenvalue weighted by Crippen LogP contribution is 2.44. The van der Waals surface area contributed by atoms with E-state index in [1.165, 1.54) is 16.2 Å². The molecule has 5 rings (SSSR count). The third-order valence-electron chi connectivity index (χ3n) is 5.72. The molecule has 0 bridgehead atoms. The molecule has 1 aliphatic heterocycles. The van der Waals surface area contributed by atoms with Gasteiger partial charge in [-0.15, -0.1) is 21.5 Å². The van der Waals surface area contributed by atoms with Crippen LogP contribution < -0.4 is 5.32 Å². The van der Waals surface area contributed by atoms with E-state index in [0.29, 0.717) is 4.60 Å². The Hall–Kier alpha value is -3.04. The molecule has 156 valence electrons. The zero-order valence-corrected chi connectivity index (χ0v) is 19.1. The maximum absolute atomic E-state index is 13.4. The topological polar surface area (TPSA) is 95.1 Å². The third-order valence-corrected chi connectivity index (χ3v) is 7.31. The summed E-state index contributed by atoms with van der Waals surface area (Å²) >= 11 is 4.84. The summed E-state index contributed by atoms with van der Waals surface area (Å²) in [4.78, 5) is 15.7. The van der Waals surface area contributed by atoms with Crippen LogP contribution in [0.25, 0.3) is 22.2 Å². The summed E-state index contributed by atoms with van der Waals surface area (Å²) in [6.45, 7) is 1.97. The van der Waals surface area contributed by atoms with Crippen molar-refractivity contribution in [2.45, 2.75) is 18.4 Å². The van der Waals surface area contributed by atoms with Gasteiger partial charge in [0.05, 0.1) is 23.4 Å². The molecule has 0 aliphatic carbocycles. The monoisotopic (exact) mass is 495 g/mol. The summed E-state index contributed by atoms with van der Waals surface area (Å²) in [5.74, 6) is -0.576. The minimum Gasteiger partial charge on any atom is -0.464 e. The molecule has 31 heavy (non-hydrogen) atoms. The Kier molecular flexibility index (Phi) is 4.67. The molecule has 1 unspecified atom stereocenters. The Morgan fingerprint density at radius 2 is 2.06 bits per heavy atom. The van der Waals surface area contributed by atoms with Crippen LogP contribution in [-0.4, -0.2) is 34.0 Å². The minimum atomic E-state index is -0.802. The third kappa shape index (κ3) is 3.24. The van der Waals surface area contributed by atoms with Crippen LogP contribution in [0.5, 0.6) is 0 Å². The summed E-state index contributed by atoms with van der Waals surface area (Å²) in [5.41, 5.74) is 2.51. The quantitative estimate of drug-likeness (QED) is 0.429. The standard InChI is InChI=1S/C22H18BrN5O2S/c1-22(17-10-14(11-31-17)15-4-6-18(23)27-26-15)19(20(29)28(2)21(24)25-22)13-3-5-16-12(9-13)7-8-30-16/h3-11,19H,1-2H3,(H2,24,25)/t19?,22-/m1/s1. The highest BCUT2D eigenvalue weighted by atomic mass is 79.9. The number of guanidine groups is 1. The second kappa shape index (κ2) is 7.28. The van der Waals surface area contributed by atoms with Gasteiger partial charge < -0.3 is 9.73 Å². The van der Waals surface area contributed by atoms with E-state index in [2.05, 4.69) is 31.4 Å². The number of rotatable bonds is 3. The SMILES string of the molecule is CN1C(=N)N[C@](C)(c2cc(-c3ccc(Br)nn3)cs2)C(c2ccc3occc3c2)C1=O. The van der Waals surface area contributed by atoms with Gasteiger partial charge in [-0.2, -0.15) is 0 Å². The number of halogens is 1. The maximum Gasteiger partial charge on any atom is 0.239 e. The Balaban J connectivity index is 1.62. The van der Waals surface area contributed by atoms with Crippen molar-refractivity contribution in [1.29, 1.82) is 5.41 Å². The van der Waals surface area contributed by atoms with Gasteiger partial charge in [0, 0.05) is 28.3 Å². The number of nitrogens with one attached hydrogen (secondary N) is 2. The van der Waals surface area contributed by atoms with Crippen molar-refractivity contribution in [1.82, 2.24) is 20.4 Å². The van der Waals surface area contributed by atoms with Crippen molar-refractivity contribution >= 4 is 50.1 Å². The van der Waals surface area contributed by atoms with Crippen molar-refractivity contribution in [2.24, 2.45) is 0 Å². The highest BCUT2D eigenvalue weighted by Gasteiger charge is 2.49. The van der Waals surface area contributed by atoms with Gasteiger partial charge in [-0.1, -0.05) is 6.07 Å². The average molecular weight is 496 g/mol. The molecule has 7 nitrogen and oxygen atoms in total. The molecule has 1 saturated heterocycles. The summed E-state index contributed by atoms with van der Waals surface area (Å²) < 4.78 is 6.13. The molecule has 4 aromatic rings. The van der Waals surface area contributed by atoms with Crippen LogP contribution in [0, 0.1) is 5.41 Å². The Morgan fingerprint density at radius 1 is 1.23 bits per heavy atom. The molecule has 0 saturated carbocycles. The fourth-order valence-corrected chi connectivity index (χ4v) is 5.27. The number of benzene rings is 1. The predicted octanol–water partition coefficient (Wildman–Crippen LogP) is 4.71. The van der Waals surface area contributed by atoms with E-state index in [9.17, 15) is 4.79 Å². The molecule has 1 aromatic carbocycles. The number of nitrogens with zero attached hydrogens (tertiary/aromatic N) is 3. The molecule has 1 fully saturated rings. The lowest BCUT2D eigenvalue weighted by atomic mass is 9.76. The van der Waals surface area contributed by atoms with Crippen LogP contribution in [0.15, 0.2) is 63.1 Å². The average Bonchev–Trinajstić information content (AvgIpc) is 3.42. The molecule has 1 aliphatic rings. The molecule has 3 aromatic heterocycles. The van der Waals surface area contributed by atoms with Gasteiger partial charge in [0.2, 0.25) is 5.91 Å². The summed E-state index contributed by atoms with van der Waals surface area (Å²) in [5, 5.41) is 22.9. The molecular formula is C22H18BrN5O2S. The van der Waals surface area contributed by atoms with Gasteiger partial charge in [0.1, 0.15) is 10.2 Å². The highest BCUT2D eigenvalue weighted by molar-refractivity contribution is 9.10. The van der Waals surface area contributed by atoms with Crippen LogP contribution in [0.1, 0.15) is 23.3 Å². The van der Waals surface area contributed by atoms with Crippen LogP contribution in [-0.2, 0) is 10.3 Å². The summed E-state index contributed by atoms with van der Waals surface area (Å²) in [7, 11) is 1.62. The van der Waals surface area contributed by atoms with E-state index < -0.39 is 11.5 Å². The Bertz CT molecular complexity index is 1310. The maximum atomic E-state index is 13.4. The Morgan fingerprint density at radius 3 is 2.84 bits per heavy atom. The first-order valence-corrected chi connectivity index (χ1v) is 11.2. The first kappa shape index (κ1) is 19.9. The van der Waals surface area contributed by atoms with E-state index in [-0.39, 0.29) is 11.9 Å². The fraction of sp³-hybridized carbons (Fsp3) is 0.182. The van der Waals surface area contributed by atoms with E-state index >= 15 is 0 Å². The van der Waals surface area contributed by atoms with E-state index in [1.54, 1.807) is 13.3 Å². The molecule has 0 spiro atoms. The number of amides is 1. The molecule has 2 atom stereocenters. The first-order chi connectivity index (χ1) is 14.9. The molecule has 2 N–H and O–H groups in total. The smallest absolute Gasteiger partial charge is 0.239 e. The van der Waals surface area contributed by atoms with Crippen molar-refractivity contribution < 1.29 is 9.21 Å². The van der Waals surface area contributed by atoms with Crippen molar-refractivity contribution in [3.8, 4) is 11.3 Å². The van der Waals surface area contributed by atoms with Crippen LogP contribution in [0.2, 0.25) is 0 Å². The van der Waals surface area contributed by atoms with Gasteiger partial charge in [0.25, 0.3) is 0 Å². The normalized spacial score (nSPS) is 21.5. The molecule has 1 amide bonds.